The largest absolute Gasteiger partial charge is 0.465 e. The van der Waals surface area contributed by atoms with Crippen LogP contribution in [0.5, 0.6) is 0 Å². The van der Waals surface area contributed by atoms with Gasteiger partial charge in [-0.25, -0.2) is 0 Å². The number of allylic oxidation sites excluding steroid dienone is 2. The van der Waals surface area contributed by atoms with E-state index in [0.29, 0.717) is 25.7 Å². The molecule has 0 spiro atoms. The highest BCUT2D eigenvalue weighted by atomic mass is 16.5. The molecule has 0 saturated heterocycles. The number of carbonyl (C=O) groups is 2. The molecule has 0 fully saturated rings. The average molecular weight is 375 g/mol. The molecule has 0 heterocycles. The number of esters is 2. The van der Waals surface area contributed by atoms with E-state index in [0.717, 1.165) is 0 Å². The van der Waals surface area contributed by atoms with E-state index in [2.05, 4.69) is 0 Å². The monoisotopic (exact) mass is 374 g/mol. The molecule has 1 rings (SSSR count). The van der Waals surface area contributed by atoms with E-state index in [4.69, 9.17) is 19.7 Å². The second-order valence-corrected chi connectivity index (χ2v) is 5.77. The molecule has 4 atom stereocenters. The number of carbonyl (C=O) groups excluding carboxylic acids is 2. The molecule has 0 aromatic rings. The van der Waals surface area contributed by atoms with E-state index in [1.807, 2.05) is 39.8 Å². The Morgan fingerprint density at radius 1 is 0.846 bits per heavy atom. The number of hydrogen-bond acceptors (Lipinski definition) is 6. The van der Waals surface area contributed by atoms with Gasteiger partial charge >= 0.3 is 11.9 Å². The summed E-state index contributed by atoms with van der Waals surface area (Å²) in [7, 11) is 0. The van der Waals surface area contributed by atoms with Crippen LogP contribution in [0.1, 0.15) is 67.2 Å². The van der Waals surface area contributed by atoms with Gasteiger partial charge in [0.1, 0.15) is 0 Å². The summed E-state index contributed by atoms with van der Waals surface area (Å²) < 4.78 is 10.3. The maximum atomic E-state index is 12.1. The lowest BCUT2D eigenvalue weighted by Gasteiger charge is -2.25. The van der Waals surface area contributed by atoms with E-state index in [1.54, 1.807) is 13.8 Å². The topological polar surface area (TPSA) is 93.1 Å². The van der Waals surface area contributed by atoms with Gasteiger partial charge in [0.15, 0.2) is 0 Å². The highest BCUT2D eigenvalue weighted by Gasteiger charge is 2.36. The number of ether oxygens (including phenoxy) is 2. The first-order valence-corrected chi connectivity index (χ1v) is 9.76. The maximum absolute atomic E-state index is 12.1. The van der Waals surface area contributed by atoms with Crippen molar-refractivity contribution < 1.29 is 29.3 Å². The Labute approximate surface area is 158 Å². The van der Waals surface area contributed by atoms with Crippen LogP contribution in [0.3, 0.4) is 0 Å². The zero-order chi connectivity index (χ0) is 20.5. The zero-order valence-electron chi connectivity index (χ0n) is 17.2. The minimum atomic E-state index is -0.543. The van der Waals surface area contributed by atoms with Crippen LogP contribution in [0.25, 0.3) is 0 Å². The summed E-state index contributed by atoms with van der Waals surface area (Å²) in [5.74, 6) is -1.94. The van der Waals surface area contributed by atoms with Crippen molar-refractivity contribution in [3.8, 4) is 0 Å². The molecule has 6 heteroatoms. The van der Waals surface area contributed by atoms with E-state index in [1.165, 1.54) is 0 Å². The van der Waals surface area contributed by atoms with Gasteiger partial charge in [-0.05, 0) is 26.7 Å². The van der Waals surface area contributed by atoms with Crippen LogP contribution in [0.15, 0.2) is 12.2 Å². The lowest BCUT2D eigenvalue weighted by Crippen LogP contribution is -2.34. The first kappa shape index (κ1) is 26.8. The molecule has 0 saturated carbocycles. The summed E-state index contributed by atoms with van der Waals surface area (Å²) in [6.45, 7) is 11.5. The first-order chi connectivity index (χ1) is 12.4. The maximum Gasteiger partial charge on any atom is 0.310 e. The van der Waals surface area contributed by atoms with Gasteiger partial charge in [0.05, 0.1) is 37.3 Å². The standard InChI is InChI=1S/C16H26O6.2C2H6/c1-11(17)7-9-21-15(19)13-5-3-4-6-14(13)16(20)22-10-8-12(2)18;2*1-2/h3-4,11-14,17-18H,5-10H2,1-2H3;2*1-2H3. The summed E-state index contributed by atoms with van der Waals surface area (Å²) in [5.41, 5.74) is 0. The highest BCUT2D eigenvalue weighted by Crippen LogP contribution is 2.28. The van der Waals surface area contributed by atoms with Gasteiger partial charge < -0.3 is 19.7 Å². The van der Waals surface area contributed by atoms with E-state index in [-0.39, 0.29) is 13.2 Å². The first-order valence-electron chi connectivity index (χ1n) is 9.76. The van der Waals surface area contributed by atoms with Crippen molar-refractivity contribution >= 4 is 11.9 Å². The van der Waals surface area contributed by atoms with Crippen molar-refractivity contribution in [2.75, 3.05) is 13.2 Å². The van der Waals surface area contributed by atoms with Crippen molar-refractivity contribution in [1.29, 1.82) is 0 Å². The summed E-state index contributed by atoms with van der Waals surface area (Å²) in [5, 5.41) is 18.3. The Morgan fingerprint density at radius 2 is 1.15 bits per heavy atom. The van der Waals surface area contributed by atoms with Gasteiger partial charge in [-0.3, -0.25) is 9.59 Å². The Kier molecular flexibility index (Phi) is 17.6. The third-order valence-corrected chi connectivity index (χ3v) is 3.60. The fourth-order valence-electron chi connectivity index (χ4n) is 2.21. The molecule has 0 bridgehead atoms. The van der Waals surface area contributed by atoms with Gasteiger partial charge in [-0.1, -0.05) is 39.8 Å². The Hall–Kier alpha value is -1.40. The quantitative estimate of drug-likeness (QED) is 0.500. The molecule has 0 radical (unpaired) electrons. The van der Waals surface area contributed by atoms with Crippen molar-refractivity contribution in [3.63, 3.8) is 0 Å². The molecule has 26 heavy (non-hydrogen) atoms. The van der Waals surface area contributed by atoms with Crippen LogP contribution in [-0.4, -0.2) is 47.6 Å². The van der Waals surface area contributed by atoms with Gasteiger partial charge in [0, 0.05) is 12.8 Å². The molecule has 1 aliphatic carbocycles. The number of aliphatic hydroxyl groups is 2. The number of rotatable bonds is 8. The predicted molar refractivity (Wildman–Crippen MR) is 103 cm³/mol. The Morgan fingerprint density at radius 3 is 1.42 bits per heavy atom. The Bertz CT molecular complexity index is 354. The van der Waals surface area contributed by atoms with Crippen molar-refractivity contribution in [2.24, 2.45) is 11.8 Å². The van der Waals surface area contributed by atoms with E-state index in [9.17, 15) is 9.59 Å². The normalized spacial score (nSPS) is 20.5. The van der Waals surface area contributed by atoms with Crippen LogP contribution in [0.4, 0.5) is 0 Å². The van der Waals surface area contributed by atoms with Crippen LogP contribution >= 0.6 is 0 Å². The molecule has 0 aromatic heterocycles. The molecule has 0 aromatic carbocycles. The summed E-state index contributed by atoms with van der Waals surface area (Å²) in [6, 6.07) is 0. The lowest BCUT2D eigenvalue weighted by molar-refractivity contribution is -0.161. The fourth-order valence-corrected chi connectivity index (χ4v) is 2.21. The number of hydrogen-bond donors (Lipinski definition) is 2. The van der Waals surface area contributed by atoms with Crippen LogP contribution < -0.4 is 0 Å². The molecule has 6 nitrogen and oxygen atoms in total. The molecule has 0 aliphatic heterocycles. The average Bonchev–Trinajstić information content (AvgIpc) is 2.64. The number of aliphatic hydroxyl groups excluding tert-OH is 2. The van der Waals surface area contributed by atoms with Crippen molar-refractivity contribution in [2.45, 2.75) is 79.4 Å². The minimum absolute atomic E-state index is 0.139. The third kappa shape index (κ3) is 12.0. The zero-order valence-corrected chi connectivity index (χ0v) is 17.2. The van der Waals surface area contributed by atoms with Gasteiger partial charge in [-0.2, -0.15) is 0 Å². The fraction of sp³-hybridized carbons (Fsp3) is 0.800. The third-order valence-electron chi connectivity index (χ3n) is 3.60. The molecule has 1 aliphatic rings. The van der Waals surface area contributed by atoms with E-state index < -0.39 is 36.0 Å². The molecular weight excluding hydrogens is 336 g/mol. The van der Waals surface area contributed by atoms with Gasteiger partial charge in [0.2, 0.25) is 0 Å². The predicted octanol–water partition coefficient (Wildman–Crippen LogP) is 3.25. The summed E-state index contributed by atoms with van der Waals surface area (Å²) in [6.07, 6.45) is 4.31. The van der Waals surface area contributed by atoms with Gasteiger partial charge in [-0.15, -0.1) is 0 Å². The van der Waals surface area contributed by atoms with Gasteiger partial charge in [0.25, 0.3) is 0 Å². The van der Waals surface area contributed by atoms with Crippen LogP contribution in [-0.2, 0) is 19.1 Å². The molecule has 0 amide bonds. The highest BCUT2D eigenvalue weighted by molar-refractivity contribution is 5.82. The van der Waals surface area contributed by atoms with Crippen molar-refractivity contribution in [1.82, 2.24) is 0 Å². The molecule has 154 valence electrons. The van der Waals surface area contributed by atoms with E-state index >= 15 is 0 Å². The molecular formula is C20H38O6. The SMILES string of the molecule is CC.CC.CC(O)CCOC(=O)C1CC=CCC1C(=O)OCCC(C)O. The lowest BCUT2D eigenvalue weighted by atomic mass is 9.83. The second-order valence-electron chi connectivity index (χ2n) is 5.77. The smallest absolute Gasteiger partial charge is 0.310 e. The summed E-state index contributed by atoms with van der Waals surface area (Å²) >= 11 is 0. The minimum Gasteiger partial charge on any atom is -0.465 e. The molecule has 2 N–H and O–H groups in total. The van der Waals surface area contributed by atoms with Crippen LogP contribution in [0, 0.1) is 11.8 Å². The summed E-state index contributed by atoms with van der Waals surface area (Å²) in [4.78, 5) is 24.2. The van der Waals surface area contributed by atoms with Crippen molar-refractivity contribution in [3.05, 3.63) is 12.2 Å². The molecule has 4 unspecified atom stereocenters. The van der Waals surface area contributed by atoms with Crippen LogP contribution in [0.2, 0.25) is 0 Å². The second kappa shape index (κ2) is 17.0. The Balaban J connectivity index is 0.